The molecule has 84 valence electrons. The lowest BCUT2D eigenvalue weighted by Gasteiger charge is -2.23. The molecule has 0 bridgehead atoms. The fraction of sp³-hybridized carbons (Fsp3) is 0.500. The molecular formula is C12H21N3. The van der Waals surface area contributed by atoms with Crippen LogP contribution in [0.15, 0.2) is 30.3 Å². The van der Waals surface area contributed by atoms with E-state index in [0.717, 1.165) is 19.6 Å². The van der Waals surface area contributed by atoms with Crippen LogP contribution in [0.25, 0.3) is 0 Å². The summed E-state index contributed by atoms with van der Waals surface area (Å²) in [4.78, 5) is 2.29. The van der Waals surface area contributed by atoms with E-state index in [0.29, 0.717) is 6.54 Å². The number of hydrogen-bond donors (Lipinski definition) is 2. The molecule has 0 amide bonds. The Morgan fingerprint density at radius 1 is 1.27 bits per heavy atom. The molecule has 3 heteroatoms. The molecular weight excluding hydrogens is 186 g/mol. The molecule has 0 aliphatic carbocycles. The normalized spacial score (nSPS) is 13.1. The van der Waals surface area contributed by atoms with Crippen LogP contribution in [-0.2, 0) is 6.54 Å². The van der Waals surface area contributed by atoms with Crippen molar-refractivity contribution in [3.63, 3.8) is 0 Å². The Labute approximate surface area is 92.1 Å². The molecule has 0 fully saturated rings. The van der Waals surface area contributed by atoms with Gasteiger partial charge in [-0.3, -0.25) is 4.90 Å². The molecule has 0 spiro atoms. The van der Waals surface area contributed by atoms with Crippen molar-refractivity contribution in [3.8, 4) is 0 Å². The molecule has 15 heavy (non-hydrogen) atoms. The van der Waals surface area contributed by atoms with E-state index in [1.165, 1.54) is 5.56 Å². The van der Waals surface area contributed by atoms with Crippen LogP contribution in [0.4, 0.5) is 0 Å². The van der Waals surface area contributed by atoms with Gasteiger partial charge in [-0.25, -0.2) is 0 Å². The quantitative estimate of drug-likeness (QED) is 0.725. The van der Waals surface area contributed by atoms with Gasteiger partial charge in [0.25, 0.3) is 0 Å². The lowest BCUT2D eigenvalue weighted by atomic mass is 10.2. The summed E-state index contributed by atoms with van der Waals surface area (Å²) >= 11 is 0. The Morgan fingerprint density at radius 2 is 1.93 bits per heavy atom. The first kappa shape index (κ1) is 12.2. The Hall–Kier alpha value is -0.900. The summed E-state index contributed by atoms with van der Waals surface area (Å²) in [5, 5.41) is 0. The summed E-state index contributed by atoms with van der Waals surface area (Å²) in [7, 11) is 0. The van der Waals surface area contributed by atoms with E-state index >= 15 is 0 Å². The second-order valence-electron chi connectivity index (χ2n) is 3.99. The summed E-state index contributed by atoms with van der Waals surface area (Å²) in [5.41, 5.74) is 12.7. The topological polar surface area (TPSA) is 55.3 Å². The zero-order valence-corrected chi connectivity index (χ0v) is 9.39. The molecule has 0 aliphatic heterocycles. The van der Waals surface area contributed by atoms with E-state index in [1.807, 2.05) is 13.0 Å². The zero-order chi connectivity index (χ0) is 11.1. The smallest absolute Gasteiger partial charge is 0.0234 e. The molecule has 0 aromatic heterocycles. The van der Waals surface area contributed by atoms with Crippen molar-refractivity contribution in [2.24, 2.45) is 11.5 Å². The monoisotopic (exact) mass is 207 g/mol. The first-order valence-electron chi connectivity index (χ1n) is 5.44. The molecule has 4 N–H and O–H groups in total. The van der Waals surface area contributed by atoms with Crippen LogP contribution >= 0.6 is 0 Å². The van der Waals surface area contributed by atoms with E-state index in [4.69, 9.17) is 11.5 Å². The minimum Gasteiger partial charge on any atom is -0.329 e. The molecule has 1 aromatic rings. The molecule has 0 aliphatic rings. The van der Waals surface area contributed by atoms with Gasteiger partial charge in [0.05, 0.1) is 0 Å². The third kappa shape index (κ3) is 4.93. The first-order chi connectivity index (χ1) is 7.22. The molecule has 1 unspecified atom stereocenters. The molecule has 3 nitrogen and oxygen atoms in total. The van der Waals surface area contributed by atoms with Gasteiger partial charge in [-0.05, 0) is 12.5 Å². The lowest BCUT2D eigenvalue weighted by Crippen LogP contribution is -2.38. The van der Waals surface area contributed by atoms with Crippen LogP contribution in [0.3, 0.4) is 0 Å². The van der Waals surface area contributed by atoms with Gasteiger partial charge in [0, 0.05) is 32.2 Å². The third-order valence-electron chi connectivity index (χ3n) is 2.24. The molecule has 1 atom stereocenters. The molecule has 0 heterocycles. The van der Waals surface area contributed by atoms with Gasteiger partial charge in [0.2, 0.25) is 0 Å². The molecule has 0 saturated carbocycles. The van der Waals surface area contributed by atoms with Gasteiger partial charge < -0.3 is 11.5 Å². The maximum absolute atomic E-state index is 5.79. The van der Waals surface area contributed by atoms with Gasteiger partial charge in [-0.1, -0.05) is 30.3 Å². The Bertz CT molecular complexity index is 259. The summed E-state index contributed by atoms with van der Waals surface area (Å²) in [6, 6.07) is 10.6. The number of nitrogens with two attached hydrogens (primary N) is 2. The Balaban J connectivity index is 2.50. The minimum absolute atomic E-state index is 0.195. The van der Waals surface area contributed by atoms with Crippen molar-refractivity contribution in [1.82, 2.24) is 4.90 Å². The maximum atomic E-state index is 5.79. The highest BCUT2D eigenvalue weighted by molar-refractivity contribution is 5.14. The van der Waals surface area contributed by atoms with E-state index in [2.05, 4.69) is 29.2 Å². The fourth-order valence-corrected chi connectivity index (χ4v) is 1.67. The summed E-state index contributed by atoms with van der Waals surface area (Å²) in [5.74, 6) is 0. The Morgan fingerprint density at radius 3 is 2.47 bits per heavy atom. The standard InChI is InChI=1S/C12H21N3/c1-11(14)9-15(8-7-13)10-12-5-3-2-4-6-12/h2-6,11H,7-10,13-14H2,1H3. The van der Waals surface area contributed by atoms with E-state index in [1.54, 1.807) is 0 Å². The van der Waals surface area contributed by atoms with Crippen molar-refractivity contribution >= 4 is 0 Å². The Kier molecular flexibility index (Phi) is 5.32. The first-order valence-corrected chi connectivity index (χ1v) is 5.44. The van der Waals surface area contributed by atoms with Crippen molar-refractivity contribution in [1.29, 1.82) is 0 Å². The van der Waals surface area contributed by atoms with Gasteiger partial charge in [0.1, 0.15) is 0 Å². The molecule has 1 rings (SSSR count). The predicted molar refractivity (Wildman–Crippen MR) is 64.4 cm³/mol. The van der Waals surface area contributed by atoms with E-state index in [-0.39, 0.29) is 6.04 Å². The predicted octanol–water partition coefficient (Wildman–Crippen LogP) is 0.795. The van der Waals surface area contributed by atoms with Crippen LogP contribution < -0.4 is 11.5 Å². The van der Waals surface area contributed by atoms with Crippen molar-refractivity contribution < 1.29 is 0 Å². The third-order valence-corrected chi connectivity index (χ3v) is 2.24. The van der Waals surface area contributed by atoms with Gasteiger partial charge in [0.15, 0.2) is 0 Å². The van der Waals surface area contributed by atoms with Crippen LogP contribution in [0.1, 0.15) is 12.5 Å². The van der Waals surface area contributed by atoms with E-state index in [9.17, 15) is 0 Å². The van der Waals surface area contributed by atoms with Crippen LogP contribution in [0, 0.1) is 0 Å². The summed E-state index contributed by atoms with van der Waals surface area (Å²) in [6.45, 7) is 5.43. The van der Waals surface area contributed by atoms with Crippen LogP contribution in [-0.4, -0.2) is 30.6 Å². The number of rotatable bonds is 6. The molecule has 0 radical (unpaired) electrons. The van der Waals surface area contributed by atoms with Gasteiger partial charge in [-0.15, -0.1) is 0 Å². The van der Waals surface area contributed by atoms with Crippen LogP contribution in [0.5, 0.6) is 0 Å². The van der Waals surface area contributed by atoms with Crippen molar-refractivity contribution in [2.75, 3.05) is 19.6 Å². The average molecular weight is 207 g/mol. The maximum Gasteiger partial charge on any atom is 0.0234 e. The summed E-state index contributed by atoms with van der Waals surface area (Å²) < 4.78 is 0. The van der Waals surface area contributed by atoms with E-state index < -0.39 is 0 Å². The highest BCUT2D eigenvalue weighted by atomic mass is 15.1. The lowest BCUT2D eigenvalue weighted by molar-refractivity contribution is 0.260. The number of hydrogen-bond acceptors (Lipinski definition) is 3. The largest absolute Gasteiger partial charge is 0.329 e. The molecule has 1 aromatic carbocycles. The molecule has 0 saturated heterocycles. The SMILES string of the molecule is CC(N)CN(CCN)Cc1ccccc1. The van der Waals surface area contributed by atoms with Gasteiger partial charge >= 0.3 is 0 Å². The van der Waals surface area contributed by atoms with Crippen molar-refractivity contribution in [2.45, 2.75) is 19.5 Å². The van der Waals surface area contributed by atoms with Crippen LogP contribution in [0.2, 0.25) is 0 Å². The average Bonchev–Trinajstić information content (AvgIpc) is 2.18. The van der Waals surface area contributed by atoms with Gasteiger partial charge in [-0.2, -0.15) is 0 Å². The minimum atomic E-state index is 0.195. The van der Waals surface area contributed by atoms with Crippen molar-refractivity contribution in [3.05, 3.63) is 35.9 Å². The second-order valence-corrected chi connectivity index (χ2v) is 3.99. The highest BCUT2D eigenvalue weighted by Crippen LogP contribution is 2.04. The fourth-order valence-electron chi connectivity index (χ4n) is 1.67. The summed E-state index contributed by atoms with van der Waals surface area (Å²) in [6.07, 6.45) is 0. The number of nitrogens with zero attached hydrogens (tertiary/aromatic N) is 1. The number of benzene rings is 1. The highest BCUT2D eigenvalue weighted by Gasteiger charge is 2.06. The zero-order valence-electron chi connectivity index (χ0n) is 9.39. The second kappa shape index (κ2) is 6.56.